The van der Waals surface area contributed by atoms with Gasteiger partial charge in [0.05, 0.1) is 3.39 Å². The highest BCUT2D eigenvalue weighted by molar-refractivity contribution is 9.28. The third-order valence-corrected chi connectivity index (χ3v) is 3.98. The van der Waals surface area contributed by atoms with Crippen molar-refractivity contribution < 1.29 is 0 Å². The Bertz CT molecular complexity index is 184. The fourth-order valence-electron chi connectivity index (χ4n) is 2.39. The molecule has 0 unspecified atom stereocenters. The van der Waals surface area contributed by atoms with Crippen LogP contribution in [0.4, 0.5) is 0 Å². The highest BCUT2D eigenvalue weighted by Crippen LogP contribution is 2.41. The minimum Gasteiger partial charge on any atom is -0.0651 e. The maximum Gasteiger partial charge on any atom is 0.0567 e. The number of hydrogen-bond donors (Lipinski definition) is 0. The molecule has 0 saturated heterocycles. The summed E-state index contributed by atoms with van der Waals surface area (Å²) in [6, 6.07) is 0. The van der Waals surface area contributed by atoms with Crippen LogP contribution in [0, 0.1) is 17.8 Å². The van der Waals surface area contributed by atoms with Gasteiger partial charge in [-0.3, -0.25) is 0 Å². The second-order valence-electron chi connectivity index (χ2n) is 4.47. The molecule has 0 heterocycles. The highest BCUT2D eigenvalue weighted by Gasteiger charge is 2.28. The molecule has 0 spiro atoms. The van der Waals surface area contributed by atoms with Crippen LogP contribution in [0.25, 0.3) is 0 Å². The fraction of sp³-hybridized carbons (Fsp3) is 0.833. The number of allylic oxidation sites excluding steroid dienone is 1. The van der Waals surface area contributed by atoms with Gasteiger partial charge < -0.3 is 0 Å². The summed E-state index contributed by atoms with van der Waals surface area (Å²) in [4.78, 5) is 0. The van der Waals surface area contributed by atoms with Crippen molar-refractivity contribution in [2.24, 2.45) is 17.8 Å². The molecule has 0 aromatic carbocycles. The zero-order valence-electron chi connectivity index (χ0n) is 9.10. The smallest absolute Gasteiger partial charge is 0.0567 e. The zero-order valence-corrected chi connectivity index (χ0v) is 12.3. The molecule has 82 valence electrons. The topological polar surface area (TPSA) is 0 Å². The van der Waals surface area contributed by atoms with E-state index in [-0.39, 0.29) is 0 Å². The summed E-state index contributed by atoms with van der Waals surface area (Å²) in [5.41, 5.74) is 0. The van der Waals surface area contributed by atoms with Crippen LogP contribution in [0.1, 0.15) is 46.0 Å². The summed E-state index contributed by atoms with van der Waals surface area (Å²) in [5, 5.41) is 0. The van der Waals surface area contributed by atoms with Gasteiger partial charge in [-0.15, -0.1) is 0 Å². The summed E-state index contributed by atoms with van der Waals surface area (Å²) < 4.78 is 1.12. The van der Waals surface area contributed by atoms with Crippen LogP contribution in [0.2, 0.25) is 0 Å². The van der Waals surface area contributed by atoms with Gasteiger partial charge in [-0.2, -0.15) is 0 Å². The van der Waals surface area contributed by atoms with Gasteiger partial charge in [-0.1, -0.05) is 32.8 Å². The first-order valence-corrected chi connectivity index (χ1v) is 7.27. The van der Waals surface area contributed by atoms with E-state index in [9.17, 15) is 0 Å². The number of halogens is 2. The van der Waals surface area contributed by atoms with Crippen LogP contribution >= 0.6 is 31.9 Å². The lowest BCUT2D eigenvalue weighted by atomic mass is 9.70. The molecule has 2 heteroatoms. The SMILES string of the molecule is CCC(CC)CC1CC(C=C(Br)Br)C1. The largest absolute Gasteiger partial charge is 0.0651 e. The first-order chi connectivity index (χ1) is 6.65. The van der Waals surface area contributed by atoms with Crippen LogP contribution < -0.4 is 0 Å². The molecule has 0 aromatic heterocycles. The molecule has 0 bridgehead atoms. The van der Waals surface area contributed by atoms with E-state index in [1.807, 2.05) is 0 Å². The van der Waals surface area contributed by atoms with Crippen LogP contribution in [-0.2, 0) is 0 Å². The third-order valence-electron chi connectivity index (χ3n) is 3.46. The van der Waals surface area contributed by atoms with Crippen LogP contribution in [0.5, 0.6) is 0 Å². The average Bonchev–Trinajstić information content (AvgIpc) is 2.08. The van der Waals surface area contributed by atoms with E-state index in [1.54, 1.807) is 0 Å². The molecule has 0 aliphatic heterocycles. The van der Waals surface area contributed by atoms with E-state index in [1.165, 1.54) is 32.1 Å². The standard InChI is InChI=1S/C12H20Br2/c1-3-9(4-2)5-10-6-11(7-10)8-12(13)14/h8-11H,3-7H2,1-2H3. The minimum atomic E-state index is 0.822. The van der Waals surface area contributed by atoms with Crippen LogP contribution in [-0.4, -0.2) is 0 Å². The summed E-state index contributed by atoms with van der Waals surface area (Å²) in [7, 11) is 0. The second-order valence-corrected chi connectivity index (χ2v) is 7.24. The van der Waals surface area contributed by atoms with Crippen molar-refractivity contribution in [3.05, 3.63) is 9.47 Å². The molecule has 14 heavy (non-hydrogen) atoms. The first-order valence-electron chi connectivity index (χ1n) is 5.68. The minimum absolute atomic E-state index is 0.822. The van der Waals surface area contributed by atoms with Crippen LogP contribution in [0.3, 0.4) is 0 Å². The predicted molar refractivity (Wildman–Crippen MR) is 70.8 cm³/mol. The van der Waals surface area contributed by atoms with Gasteiger partial charge in [0.2, 0.25) is 0 Å². The van der Waals surface area contributed by atoms with E-state index < -0.39 is 0 Å². The van der Waals surface area contributed by atoms with E-state index in [0.29, 0.717) is 0 Å². The van der Waals surface area contributed by atoms with Gasteiger partial charge in [-0.05, 0) is 68.9 Å². The van der Waals surface area contributed by atoms with Crippen molar-refractivity contribution in [2.45, 2.75) is 46.0 Å². The Kier molecular flexibility index (Phi) is 5.76. The molecule has 1 aliphatic rings. The summed E-state index contributed by atoms with van der Waals surface area (Å²) in [6.45, 7) is 4.64. The number of rotatable bonds is 5. The molecule has 0 radical (unpaired) electrons. The van der Waals surface area contributed by atoms with Crippen molar-refractivity contribution >= 4 is 31.9 Å². The van der Waals surface area contributed by atoms with Gasteiger partial charge >= 0.3 is 0 Å². The Morgan fingerprint density at radius 1 is 1.29 bits per heavy atom. The molecule has 1 saturated carbocycles. The quantitative estimate of drug-likeness (QED) is 0.629. The van der Waals surface area contributed by atoms with E-state index in [0.717, 1.165) is 21.1 Å². The molecule has 0 N–H and O–H groups in total. The van der Waals surface area contributed by atoms with E-state index in [4.69, 9.17) is 0 Å². The van der Waals surface area contributed by atoms with E-state index >= 15 is 0 Å². The molecule has 1 rings (SSSR count). The monoisotopic (exact) mass is 322 g/mol. The first kappa shape index (κ1) is 12.8. The molecule has 0 atom stereocenters. The maximum absolute atomic E-state index is 3.43. The van der Waals surface area contributed by atoms with Crippen molar-refractivity contribution in [3.8, 4) is 0 Å². The molecule has 0 amide bonds. The maximum atomic E-state index is 3.43. The zero-order chi connectivity index (χ0) is 10.6. The Morgan fingerprint density at radius 2 is 1.86 bits per heavy atom. The molecule has 0 aromatic rings. The second kappa shape index (κ2) is 6.32. The molecular formula is C12H20Br2. The van der Waals surface area contributed by atoms with Crippen molar-refractivity contribution in [3.63, 3.8) is 0 Å². The lowest BCUT2D eigenvalue weighted by molar-refractivity contribution is 0.189. The molecule has 1 fully saturated rings. The Labute approximate surface area is 105 Å². The third kappa shape index (κ3) is 4.06. The highest BCUT2D eigenvalue weighted by atomic mass is 79.9. The van der Waals surface area contributed by atoms with Crippen molar-refractivity contribution in [1.29, 1.82) is 0 Å². The Hall–Kier alpha value is 0.700. The fourth-order valence-corrected chi connectivity index (χ4v) is 3.14. The van der Waals surface area contributed by atoms with Gasteiger partial charge in [0.15, 0.2) is 0 Å². The lowest BCUT2D eigenvalue weighted by Gasteiger charge is -2.35. The number of hydrogen-bond acceptors (Lipinski definition) is 0. The van der Waals surface area contributed by atoms with Crippen molar-refractivity contribution in [2.75, 3.05) is 0 Å². The lowest BCUT2D eigenvalue weighted by Crippen LogP contribution is -2.24. The van der Waals surface area contributed by atoms with Crippen LogP contribution in [0.15, 0.2) is 9.47 Å². The molecule has 1 aliphatic carbocycles. The Morgan fingerprint density at radius 3 is 2.29 bits per heavy atom. The normalized spacial score (nSPS) is 26.1. The van der Waals surface area contributed by atoms with Gasteiger partial charge in [0.25, 0.3) is 0 Å². The Balaban J connectivity index is 2.18. The van der Waals surface area contributed by atoms with Gasteiger partial charge in [0, 0.05) is 0 Å². The van der Waals surface area contributed by atoms with Gasteiger partial charge in [0.1, 0.15) is 0 Å². The molecule has 0 nitrogen and oxygen atoms in total. The summed E-state index contributed by atoms with van der Waals surface area (Å²) >= 11 is 6.85. The van der Waals surface area contributed by atoms with Crippen molar-refractivity contribution in [1.82, 2.24) is 0 Å². The van der Waals surface area contributed by atoms with E-state index in [2.05, 4.69) is 51.8 Å². The average molecular weight is 324 g/mol. The molecular weight excluding hydrogens is 304 g/mol. The van der Waals surface area contributed by atoms with Gasteiger partial charge in [-0.25, -0.2) is 0 Å². The summed E-state index contributed by atoms with van der Waals surface area (Å²) in [6.07, 6.45) is 9.26. The predicted octanol–water partition coefficient (Wildman–Crippen LogP) is 5.47. The summed E-state index contributed by atoms with van der Waals surface area (Å²) in [5.74, 6) is 2.79.